The van der Waals surface area contributed by atoms with Crippen LogP contribution in [0.15, 0.2) is 0 Å². The lowest BCUT2D eigenvalue weighted by molar-refractivity contribution is -0.132. The summed E-state index contributed by atoms with van der Waals surface area (Å²) in [5.41, 5.74) is 5.68. The number of ether oxygens (including phenoxy) is 1. The van der Waals surface area contributed by atoms with E-state index in [1.807, 2.05) is 7.11 Å². The van der Waals surface area contributed by atoms with Crippen LogP contribution in [-0.2, 0) is 9.53 Å². The Bertz CT molecular complexity index is 387. The van der Waals surface area contributed by atoms with Crippen molar-refractivity contribution < 1.29 is 9.53 Å². The van der Waals surface area contributed by atoms with Crippen molar-refractivity contribution in [1.82, 2.24) is 10.2 Å². The number of rotatable bonds is 8. The van der Waals surface area contributed by atoms with E-state index in [9.17, 15) is 4.79 Å². The quantitative estimate of drug-likeness (QED) is 0.712. The van der Waals surface area contributed by atoms with E-state index < -0.39 is 5.41 Å². The second-order valence-corrected chi connectivity index (χ2v) is 7.73. The van der Waals surface area contributed by atoms with Gasteiger partial charge in [-0.25, -0.2) is 0 Å². The summed E-state index contributed by atoms with van der Waals surface area (Å²) in [5, 5.41) is 3.29. The minimum Gasteiger partial charge on any atom is -0.381 e. The van der Waals surface area contributed by atoms with Crippen molar-refractivity contribution in [3.8, 4) is 0 Å². The molecule has 0 radical (unpaired) electrons. The summed E-state index contributed by atoms with van der Waals surface area (Å²) in [6.07, 6.45) is 9.13. The number of methoxy groups -OCH3 is 1. The zero-order chi connectivity index (χ0) is 17.6. The maximum Gasteiger partial charge on any atom is 0.227 e. The predicted molar refractivity (Wildman–Crippen MR) is 97.9 cm³/mol. The predicted octanol–water partition coefficient (Wildman–Crippen LogP) is 2.29. The third-order valence-corrected chi connectivity index (χ3v) is 6.78. The Morgan fingerprint density at radius 3 is 2.29 bits per heavy atom. The van der Waals surface area contributed by atoms with Gasteiger partial charge >= 0.3 is 0 Å². The Morgan fingerprint density at radius 2 is 1.83 bits per heavy atom. The van der Waals surface area contributed by atoms with Crippen molar-refractivity contribution in [1.29, 1.82) is 0 Å². The first-order chi connectivity index (χ1) is 11.6. The summed E-state index contributed by atoms with van der Waals surface area (Å²) >= 11 is 0. The number of nitrogens with one attached hydrogen (secondary N) is 1. The summed E-state index contributed by atoms with van der Waals surface area (Å²) in [7, 11) is 1.81. The molecular formula is C19H37N3O2. The molecule has 0 spiro atoms. The van der Waals surface area contributed by atoms with Gasteiger partial charge in [0, 0.05) is 38.8 Å². The van der Waals surface area contributed by atoms with E-state index in [1.165, 1.54) is 25.7 Å². The van der Waals surface area contributed by atoms with E-state index in [2.05, 4.69) is 24.1 Å². The molecule has 0 aromatic carbocycles. The fraction of sp³-hybridized carbons (Fsp3) is 0.947. The molecule has 24 heavy (non-hydrogen) atoms. The molecule has 1 saturated carbocycles. The van der Waals surface area contributed by atoms with Crippen molar-refractivity contribution in [3.05, 3.63) is 0 Å². The Labute approximate surface area is 147 Å². The van der Waals surface area contributed by atoms with Crippen molar-refractivity contribution in [2.24, 2.45) is 11.1 Å². The number of hydrogen-bond acceptors (Lipinski definition) is 4. The smallest absolute Gasteiger partial charge is 0.227 e. The van der Waals surface area contributed by atoms with Crippen molar-refractivity contribution in [2.75, 3.05) is 33.3 Å². The maximum atomic E-state index is 12.8. The fourth-order valence-electron chi connectivity index (χ4n) is 4.59. The number of amides is 1. The van der Waals surface area contributed by atoms with Crippen LogP contribution in [0.5, 0.6) is 0 Å². The Hall–Kier alpha value is -0.650. The average molecular weight is 340 g/mol. The largest absolute Gasteiger partial charge is 0.381 e. The van der Waals surface area contributed by atoms with Crippen molar-refractivity contribution in [3.63, 3.8) is 0 Å². The van der Waals surface area contributed by atoms with Crippen LogP contribution in [0, 0.1) is 5.41 Å². The van der Waals surface area contributed by atoms with E-state index in [0.717, 1.165) is 45.3 Å². The summed E-state index contributed by atoms with van der Waals surface area (Å²) < 4.78 is 5.51. The zero-order valence-corrected chi connectivity index (χ0v) is 15.9. The highest BCUT2D eigenvalue weighted by molar-refractivity contribution is 5.82. The van der Waals surface area contributed by atoms with Crippen LogP contribution in [0.3, 0.4) is 0 Å². The molecule has 2 aliphatic rings. The van der Waals surface area contributed by atoms with Gasteiger partial charge in [0.25, 0.3) is 0 Å². The molecule has 2 fully saturated rings. The summed E-state index contributed by atoms with van der Waals surface area (Å²) in [6.45, 7) is 7.49. The number of hydrogen-bond donors (Lipinski definition) is 2. The van der Waals surface area contributed by atoms with Gasteiger partial charge in [-0.3, -0.25) is 9.69 Å². The summed E-state index contributed by atoms with van der Waals surface area (Å²) in [5.74, 6) is 0.146. The highest BCUT2D eigenvalue weighted by atomic mass is 16.5. The standard InChI is InChI=1S/C19H37N3O2/c1-4-18(5-2,14-20)17(23)21-15-19(10-6-7-11-19)22-12-8-16(24-3)9-13-22/h16H,4-15,20H2,1-3H3,(H,21,23). The number of piperidine rings is 1. The van der Waals surface area contributed by atoms with Crippen molar-refractivity contribution >= 4 is 5.91 Å². The van der Waals surface area contributed by atoms with Crippen LogP contribution in [0.2, 0.25) is 0 Å². The minimum atomic E-state index is -0.400. The molecule has 0 aromatic heterocycles. The fourth-order valence-corrected chi connectivity index (χ4v) is 4.59. The van der Waals surface area contributed by atoms with E-state index in [1.54, 1.807) is 0 Å². The summed E-state index contributed by atoms with van der Waals surface area (Å²) in [6, 6.07) is 0. The third kappa shape index (κ3) is 3.94. The van der Waals surface area contributed by atoms with Gasteiger partial charge in [0.15, 0.2) is 0 Å². The van der Waals surface area contributed by atoms with E-state index in [4.69, 9.17) is 10.5 Å². The summed E-state index contributed by atoms with van der Waals surface area (Å²) in [4.78, 5) is 15.4. The molecule has 1 aliphatic heterocycles. The molecule has 5 nitrogen and oxygen atoms in total. The highest BCUT2D eigenvalue weighted by Gasteiger charge is 2.42. The van der Waals surface area contributed by atoms with Crippen molar-refractivity contribution in [2.45, 2.75) is 76.9 Å². The lowest BCUT2D eigenvalue weighted by Gasteiger charge is -2.45. The van der Waals surface area contributed by atoms with Gasteiger partial charge in [0.1, 0.15) is 0 Å². The number of carbonyl (C=O) groups excluding carboxylic acids is 1. The van der Waals surface area contributed by atoms with Crippen LogP contribution >= 0.6 is 0 Å². The molecular weight excluding hydrogens is 302 g/mol. The minimum absolute atomic E-state index is 0.146. The molecule has 0 atom stereocenters. The first-order valence-corrected chi connectivity index (χ1v) is 9.82. The molecule has 3 N–H and O–H groups in total. The van der Waals surface area contributed by atoms with Crippen LogP contribution in [0.25, 0.3) is 0 Å². The van der Waals surface area contributed by atoms with E-state index >= 15 is 0 Å². The van der Waals surface area contributed by atoms with E-state index in [-0.39, 0.29) is 11.4 Å². The number of likely N-dealkylation sites (tertiary alicyclic amines) is 1. The first-order valence-electron chi connectivity index (χ1n) is 9.82. The third-order valence-electron chi connectivity index (χ3n) is 6.78. The molecule has 2 rings (SSSR count). The van der Waals surface area contributed by atoms with Gasteiger partial charge < -0.3 is 15.8 Å². The molecule has 5 heteroatoms. The molecule has 1 heterocycles. The van der Waals surface area contributed by atoms with Gasteiger partial charge in [-0.15, -0.1) is 0 Å². The monoisotopic (exact) mass is 339 g/mol. The molecule has 0 unspecified atom stereocenters. The first kappa shape index (κ1) is 19.7. The van der Waals surface area contributed by atoms with Crippen LogP contribution < -0.4 is 11.1 Å². The topological polar surface area (TPSA) is 67.6 Å². The normalized spacial score (nSPS) is 22.7. The van der Waals surface area contributed by atoms with Gasteiger partial charge in [-0.1, -0.05) is 26.7 Å². The molecule has 1 saturated heterocycles. The Balaban J connectivity index is 2.00. The van der Waals surface area contributed by atoms with Crippen LogP contribution in [0.1, 0.15) is 65.2 Å². The van der Waals surface area contributed by atoms with E-state index in [0.29, 0.717) is 12.6 Å². The number of nitrogens with zero attached hydrogens (tertiary/aromatic N) is 1. The lowest BCUT2D eigenvalue weighted by Crippen LogP contribution is -2.58. The molecule has 0 bridgehead atoms. The van der Waals surface area contributed by atoms with Gasteiger partial charge in [-0.05, 0) is 38.5 Å². The average Bonchev–Trinajstić information content (AvgIpc) is 3.12. The number of nitrogens with two attached hydrogens (primary N) is 1. The zero-order valence-electron chi connectivity index (χ0n) is 15.9. The molecule has 0 aromatic rings. The van der Waals surface area contributed by atoms with Gasteiger partial charge in [0.05, 0.1) is 11.5 Å². The second-order valence-electron chi connectivity index (χ2n) is 7.73. The Morgan fingerprint density at radius 1 is 1.25 bits per heavy atom. The lowest BCUT2D eigenvalue weighted by atomic mass is 9.81. The molecule has 140 valence electrons. The van der Waals surface area contributed by atoms with Gasteiger partial charge in [0.2, 0.25) is 5.91 Å². The van der Waals surface area contributed by atoms with Gasteiger partial charge in [-0.2, -0.15) is 0 Å². The van der Waals surface area contributed by atoms with Crippen LogP contribution in [-0.4, -0.2) is 55.7 Å². The molecule has 1 amide bonds. The maximum absolute atomic E-state index is 12.8. The van der Waals surface area contributed by atoms with Crippen LogP contribution in [0.4, 0.5) is 0 Å². The SMILES string of the molecule is CCC(CC)(CN)C(=O)NCC1(N2CCC(OC)CC2)CCCC1. The number of carbonyl (C=O) groups is 1. The highest BCUT2D eigenvalue weighted by Crippen LogP contribution is 2.37. The Kier molecular flexibility index (Phi) is 7.08. The second kappa shape index (κ2) is 8.63. The molecule has 1 aliphatic carbocycles.